The number of halogens is 1. The Morgan fingerprint density at radius 2 is 2.14 bits per heavy atom. The van der Waals surface area contributed by atoms with Gasteiger partial charge in [0.05, 0.1) is 17.5 Å². The zero-order chi connectivity index (χ0) is 15.3. The van der Waals surface area contributed by atoms with E-state index in [2.05, 4.69) is 21.2 Å². The fourth-order valence-corrected chi connectivity index (χ4v) is 5.45. The van der Waals surface area contributed by atoms with Gasteiger partial charge in [0.1, 0.15) is 11.3 Å². The average Bonchev–Trinajstić information content (AvgIpc) is 2.90. The summed E-state index contributed by atoms with van der Waals surface area (Å²) in [5, 5.41) is 4.46. The van der Waals surface area contributed by atoms with Crippen molar-refractivity contribution in [1.29, 1.82) is 0 Å². The van der Waals surface area contributed by atoms with Crippen LogP contribution in [-0.2, 0) is 9.84 Å². The second-order valence-electron chi connectivity index (χ2n) is 6.10. The van der Waals surface area contributed by atoms with Gasteiger partial charge in [-0.2, -0.15) is 0 Å². The second kappa shape index (κ2) is 5.11. The van der Waals surface area contributed by atoms with Gasteiger partial charge in [0.15, 0.2) is 9.84 Å². The Morgan fingerprint density at radius 3 is 2.81 bits per heavy atom. The Kier molecular flexibility index (Phi) is 3.66. The maximum Gasteiger partial charge on any atom is 0.152 e. The van der Waals surface area contributed by atoms with Crippen LogP contribution in [0.2, 0.25) is 0 Å². The molecule has 2 heterocycles. The van der Waals surface area contributed by atoms with E-state index >= 15 is 0 Å². The minimum Gasteiger partial charge on any atom is -0.459 e. The third kappa shape index (κ3) is 3.17. The smallest absolute Gasteiger partial charge is 0.152 e. The number of benzene rings is 1. The number of furan rings is 1. The van der Waals surface area contributed by atoms with Crippen LogP contribution in [-0.4, -0.2) is 25.5 Å². The number of fused-ring (bicyclic) bond motifs is 1. The van der Waals surface area contributed by atoms with Crippen LogP contribution in [0, 0.1) is 0 Å². The van der Waals surface area contributed by atoms with Crippen LogP contribution in [0.4, 0.5) is 0 Å². The van der Waals surface area contributed by atoms with Gasteiger partial charge in [0.2, 0.25) is 0 Å². The Balaban J connectivity index is 1.82. The lowest BCUT2D eigenvalue weighted by Gasteiger charge is -2.27. The number of rotatable bonds is 3. The first-order chi connectivity index (χ1) is 9.76. The zero-order valence-electron chi connectivity index (χ0n) is 12.0. The van der Waals surface area contributed by atoms with E-state index in [4.69, 9.17) is 4.42 Å². The number of sulfone groups is 1. The second-order valence-corrected chi connectivity index (χ2v) is 9.20. The predicted molar refractivity (Wildman–Crippen MR) is 87.1 cm³/mol. The lowest BCUT2D eigenvalue weighted by Crippen LogP contribution is -2.44. The standard InChI is InChI=1S/C15H18BrNO3S/c1-10(17-15(2)5-6-21(18,19)9-15)14-8-11-7-12(16)3-4-13(11)20-14/h3-4,7-8,10,17H,5-6,9H2,1-2H3. The Bertz CT molecular complexity index is 783. The van der Waals surface area contributed by atoms with Gasteiger partial charge in [-0.05, 0) is 44.5 Å². The Morgan fingerprint density at radius 1 is 1.38 bits per heavy atom. The van der Waals surface area contributed by atoms with Crippen LogP contribution < -0.4 is 5.32 Å². The molecule has 0 spiro atoms. The van der Waals surface area contributed by atoms with Gasteiger partial charge >= 0.3 is 0 Å². The molecule has 2 aromatic rings. The van der Waals surface area contributed by atoms with Crippen molar-refractivity contribution in [2.45, 2.75) is 31.8 Å². The highest BCUT2D eigenvalue weighted by atomic mass is 79.9. The van der Waals surface area contributed by atoms with Crippen molar-refractivity contribution in [3.8, 4) is 0 Å². The van der Waals surface area contributed by atoms with E-state index in [0.717, 1.165) is 21.2 Å². The molecule has 1 saturated heterocycles. The lowest BCUT2D eigenvalue weighted by molar-refractivity contribution is 0.327. The first-order valence-corrected chi connectivity index (χ1v) is 9.55. The van der Waals surface area contributed by atoms with Crippen LogP contribution in [0.1, 0.15) is 32.1 Å². The van der Waals surface area contributed by atoms with Crippen LogP contribution in [0.25, 0.3) is 11.0 Å². The molecule has 1 N–H and O–H groups in total. The molecule has 1 aliphatic heterocycles. The summed E-state index contributed by atoms with van der Waals surface area (Å²) < 4.78 is 30.2. The third-order valence-corrected chi connectivity index (χ3v) is 6.39. The third-order valence-electron chi connectivity index (χ3n) is 3.99. The molecule has 4 nitrogen and oxygen atoms in total. The van der Waals surface area contributed by atoms with Gasteiger partial charge in [-0.15, -0.1) is 0 Å². The lowest BCUT2D eigenvalue weighted by atomic mass is 10.0. The largest absolute Gasteiger partial charge is 0.459 e. The quantitative estimate of drug-likeness (QED) is 0.897. The number of hydrogen-bond acceptors (Lipinski definition) is 4. The molecule has 1 aromatic heterocycles. The SMILES string of the molecule is CC(NC1(C)CCS(=O)(=O)C1)c1cc2cc(Br)ccc2o1. The molecule has 1 aromatic carbocycles. The van der Waals surface area contributed by atoms with Crippen molar-refractivity contribution in [3.63, 3.8) is 0 Å². The Hall–Kier alpha value is -0.850. The molecule has 0 bridgehead atoms. The van der Waals surface area contributed by atoms with Gasteiger partial charge in [-0.3, -0.25) is 0 Å². The minimum absolute atomic E-state index is 0.0329. The normalized spacial score (nSPS) is 26.2. The highest BCUT2D eigenvalue weighted by molar-refractivity contribution is 9.10. The molecule has 6 heteroatoms. The first-order valence-electron chi connectivity index (χ1n) is 6.94. The summed E-state index contributed by atoms with van der Waals surface area (Å²) >= 11 is 3.45. The van der Waals surface area contributed by atoms with Crippen LogP contribution in [0.3, 0.4) is 0 Å². The zero-order valence-corrected chi connectivity index (χ0v) is 14.4. The summed E-state index contributed by atoms with van der Waals surface area (Å²) in [7, 11) is -2.91. The fourth-order valence-electron chi connectivity index (χ4n) is 2.97. The van der Waals surface area contributed by atoms with E-state index in [1.807, 2.05) is 38.1 Å². The van der Waals surface area contributed by atoms with E-state index < -0.39 is 9.84 Å². The van der Waals surface area contributed by atoms with Gasteiger partial charge < -0.3 is 9.73 Å². The van der Waals surface area contributed by atoms with Gasteiger partial charge in [-0.1, -0.05) is 15.9 Å². The molecule has 2 atom stereocenters. The van der Waals surface area contributed by atoms with E-state index in [-0.39, 0.29) is 23.1 Å². The van der Waals surface area contributed by atoms with Gasteiger partial charge in [0.25, 0.3) is 0 Å². The fraction of sp³-hybridized carbons (Fsp3) is 0.467. The minimum atomic E-state index is -2.91. The highest BCUT2D eigenvalue weighted by Gasteiger charge is 2.39. The first kappa shape index (κ1) is 15.1. The van der Waals surface area contributed by atoms with Crippen molar-refractivity contribution < 1.29 is 12.8 Å². The molecule has 0 aliphatic carbocycles. The molecule has 114 valence electrons. The monoisotopic (exact) mass is 371 g/mol. The summed E-state index contributed by atoms with van der Waals surface area (Å²) in [5.41, 5.74) is 0.462. The van der Waals surface area contributed by atoms with Crippen LogP contribution in [0.15, 0.2) is 33.2 Å². The summed E-state index contributed by atoms with van der Waals surface area (Å²) in [6.07, 6.45) is 0.644. The summed E-state index contributed by atoms with van der Waals surface area (Å²) in [6.45, 7) is 3.97. The summed E-state index contributed by atoms with van der Waals surface area (Å²) in [6, 6.07) is 7.85. The molecule has 0 saturated carbocycles. The Labute approximate surface area is 132 Å². The van der Waals surface area contributed by atoms with Gasteiger partial charge in [-0.25, -0.2) is 8.42 Å². The van der Waals surface area contributed by atoms with Crippen LogP contribution in [0.5, 0.6) is 0 Å². The maximum atomic E-state index is 11.7. The summed E-state index contributed by atoms with van der Waals surface area (Å²) in [4.78, 5) is 0. The van der Waals surface area contributed by atoms with E-state index in [0.29, 0.717) is 6.42 Å². The topological polar surface area (TPSA) is 59.3 Å². The molecular weight excluding hydrogens is 354 g/mol. The van der Waals surface area contributed by atoms with E-state index in [1.165, 1.54) is 0 Å². The number of hydrogen-bond donors (Lipinski definition) is 1. The summed E-state index contributed by atoms with van der Waals surface area (Å²) in [5.74, 6) is 1.28. The van der Waals surface area contributed by atoms with Crippen molar-refractivity contribution in [2.24, 2.45) is 0 Å². The molecule has 21 heavy (non-hydrogen) atoms. The average molecular weight is 372 g/mol. The van der Waals surface area contributed by atoms with Crippen molar-refractivity contribution >= 4 is 36.7 Å². The molecule has 0 radical (unpaired) electrons. The highest BCUT2D eigenvalue weighted by Crippen LogP contribution is 2.30. The predicted octanol–water partition coefficient (Wildman–Crippen LogP) is 3.42. The molecule has 1 aliphatic rings. The molecular formula is C15H18BrNO3S. The maximum absolute atomic E-state index is 11.7. The molecule has 0 amide bonds. The molecule has 1 fully saturated rings. The van der Waals surface area contributed by atoms with Crippen LogP contribution >= 0.6 is 15.9 Å². The number of nitrogens with one attached hydrogen (secondary N) is 1. The van der Waals surface area contributed by atoms with E-state index in [1.54, 1.807) is 0 Å². The van der Waals surface area contributed by atoms with Crippen molar-refractivity contribution in [2.75, 3.05) is 11.5 Å². The van der Waals surface area contributed by atoms with Crippen molar-refractivity contribution in [1.82, 2.24) is 5.32 Å². The van der Waals surface area contributed by atoms with E-state index in [9.17, 15) is 8.42 Å². The molecule has 3 rings (SSSR count). The molecule has 2 unspecified atom stereocenters. The van der Waals surface area contributed by atoms with Gasteiger partial charge in [0, 0.05) is 15.4 Å². The van der Waals surface area contributed by atoms with Crippen molar-refractivity contribution in [3.05, 3.63) is 34.5 Å².